The van der Waals surface area contributed by atoms with Gasteiger partial charge in [0, 0.05) is 23.6 Å². The summed E-state index contributed by atoms with van der Waals surface area (Å²) in [4.78, 5) is 17.9. The standard InChI is InChI=1S/C23H31N3O/c1-4-20(23-11-16-8-17(12-23)10-18(9-16)13-23)25-22(27)19-5-6-26-15(3)7-14(2)24-21(19)26/h5-7,16-18,20H,4,8-13H2,1-3H3,(H,25,27). The van der Waals surface area contributed by atoms with E-state index in [1.165, 1.54) is 38.5 Å². The smallest absolute Gasteiger partial charge is 0.255 e. The number of aryl methyl sites for hydroxylation is 2. The van der Waals surface area contributed by atoms with Crippen molar-refractivity contribution in [1.82, 2.24) is 14.7 Å². The third kappa shape index (κ3) is 2.71. The van der Waals surface area contributed by atoms with E-state index >= 15 is 0 Å². The maximum atomic E-state index is 13.2. The molecule has 1 atom stereocenters. The SMILES string of the molecule is CCC(NC(=O)c1ccn2c(C)cc(C)nc12)C12CC3CC(CC(C3)C1)C2. The molecular weight excluding hydrogens is 334 g/mol. The van der Waals surface area contributed by atoms with E-state index < -0.39 is 0 Å². The third-order valence-corrected chi connectivity index (χ3v) is 7.72. The maximum absolute atomic E-state index is 13.2. The number of amides is 1. The van der Waals surface area contributed by atoms with E-state index in [0.717, 1.165) is 41.2 Å². The van der Waals surface area contributed by atoms with Gasteiger partial charge in [0.25, 0.3) is 5.91 Å². The summed E-state index contributed by atoms with van der Waals surface area (Å²) >= 11 is 0. The van der Waals surface area contributed by atoms with Crippen LogP contribution in [0.4, 0.5) is 0 Å². The van der Waals surface area contributed by atoms with Crippen molar-refractivity contribution >= 4 is 11.6 Å². The van der Waals surface area contributed by atoms with Gasteiger partial charge in [-0.15, -0.1) is 0 Å². The van der Waals surface area contributed by atoms with Crippen LogP contribution in [0.2, 0.25) is 0 Å². The van der Waals surface area contributed by atoms with Crippen molar-refractivity contribution in [1.29, 1.82) is 0 Å². The van der Waals surface area contributed by atoms with Gasteiger partial charge in [0.2, 0.25) is 0 Å². The highest BCUT2D eigenvalue weighted by Crippen LogP contribution is 2.61. The molecule has 2 aromatic heterocycles. The number of fused-ring (bicyclic) bond motifs is 1. The van der Waals surface area contributed by atoms with Crippen LogP contribution in [0.25, 0.3) is 5.65 Å². The van der Waals surface area contributed by atoms with Gasteiger partial charge in [-0.3, -0.25) is 4.79 Å². The molecular formula is C23H31N3O. The predicted molar refractivity (Wildman–Crippen MR) is 107 cm³/mol. The average molecular weight is 366 g/mol. The largest absolute Gasteiger partial charge is 0.349 e. The quantitative estimate of drug-likeness (QED) is 0.855. The van der Waals surface area contributed by atoms with Gasteiger partial charge in [0.05, 0.1) is 5.56 Å². The number of nitrogens with one attached hydrogen (secondary N) is 1. The predicted octanol–water partition coefficient (Wildman–Crippen LogP) is 4.68. The highest BCUT2D eigenvalue weighted by atomic mass is 16.1. The maximum Gasteiger partial charge on any atom is 0.255 e. The van der Waals surface area contributed by atoms with Crippen LogP contribution in [0, 0.1) is 37.0 Å². The zero-order valence-electron chi connectivity index (χ0n) is 16.8. The van der Waals surface area contributed by atoms with Crippen LogP contribution in [-0.2, 0) is 0 Å². The molecule has 4 fully saturated rings. The summed E-state index contributed by atoms with van der Waals surface area (Å²) in [6.45, 7) is 6.30. The molecule has 0 spiro atoms. The zero-order chi connectivity index (χ0) is 18.8. The third-order valence-electron chi connectivity index (χ3n) is 7.72. The fourth-order valence-electron chi connectivity index (χ4n) is 7.10. The Morgan fingerprint density at radius 1 is 1.22 bits per heavy atom. The summed E-state index contributed by atoms with van der Waals surface area (Å²) < 4.78 is 2.02. The van der Waals surface area contributed by atoms with Crippen molar-refractivity contribution < 1.29 is 4.79 Å². The molecule has 1 N–H and O–H groups in total. The van der Waals surface area contributed by atoms with Crippen LogP contribution in [0.1, 0.15) is 73.6 Å². The molecule has 2 aromatic rings. The van der Waals surface area contributed by atoms with Gasteiger partial charge in [0.1, 0.15) is 5.65 Å². The zero-order valence-corrected chi connectivity index (χ0v) is 16.8. The van der Waals surface area contributed by atoms with Gasteiger partial charge in [-0.25, -0.2) is 4.98 Å². The Kier molecular flexibility index (Phi) is 3.89. The summed E-state index contributed by atoms with van der Waals surface area (Å²) in [5.74, 6) is 2.77. The Balaban J connectivity index is 1.43. The van der Waals surface area contributed by atoms with Gasteiger partial charge in [-0.1, -0.05) is 6.92 Å². The van der Waals surface area contributed by atoms with Gasteiger partial charge in [-0.2, -0.15) is 0 Å². The van der Waals surface area contributed by atoms with Crippen molar-refractivity contribution in [3.05, 3.63) is 35.3 Å². The molecule has 0 saturated heterocycles. The fraction of sp³-hybridized carbons (Fsp3) is 0.652. The Morgan fingerprint density at radius 2 is 1.85 bits per heavy atom. The van der Waals surface area contributed by atoms with Gasteiger partial charge < -0.3 is 9.72 Å². The minimum absolute atomic E-state index is 0.0533. The minimum atomic E-state index is 0.0533. The van der Waals surface area contributed by atoms with E-state index in [-0.39, 0.29) is 5.91 Å². The molecule has 144 valence electrons. The van der Waals surface area contributed by atoms with Gasteiger partial charge >= 0.3 is 0 Å². The number of hydrogen-bond donors (Lipinski definition) is 1. The van der Waals surface area contributed by atoms with Crippen molar-refractivity contribution in [2.24, 2.45) is 23.2 Å². The number of hydrogen-bond acceptors (Lipinski definition) is 2. The minimum Gasteiger partial charge on any atom is -0.349 e. The second kappa shape index (κ2) is 6.08. The van der Waals surface area contributed by atoms with Gasteiger partial charge in [0.15, 0.2) is 0 Å². The second-order valence-corrected chi connectivity index (χ2v) is 9.68. The molecule has 6 rings (SSSR count). The Morgan fingerprint density at radius 3 is 2.44 bits per heavy atom. The molecule has 4 heteroatoms. The molecule has 4 nitrogen and oxygen atoms in total. The molecule has 4 bridgehead atoms. The summed E-state index contributed by atoms with van der Waals surface area (Å²) in [6, 6.07) is 4.27. The monoisotopic (exact) mass is 365 g/mol. The van der Waals surface area contributed by atoms with Crippen LogP contribution in [-0.4, -0.2) is 21.3 Å². The fourth-order valence-corrected chi connectivity index (χ4v) is 7.10. The normalized spacial score (nSPS) is 32.8. The lowest BCUT2D eigenvalue weighted by molar-refractivity contribution is -0.0727. The van der Waals surface area contributed by atoms with Crippen molar-refractivity contribution in [2.75, 3.05) is 0 Å². The molecule has 1 amide bonds. The first-order valence-electron chi connectivity index (χ1n) is 10.7. The first-order valence-corrected chi connectivity index (χ1v) is 10.7. The first kappa shape index (κ1) is 17.3. The lowest BCUT2D eigenvalue weighted by Gasteiger charge is -2.59. The highest BCUT2D eigenvalue weighted by Gasteiger charge is 2.54. The lowest BCUT2D eigenvalue weighted by Crippen LogP contribution is -2.56. The Labute approximate surface area is 161 Å². The number of aromatic nitrogens is 2. The molecule has 0 radical (unpaired) electrons. The van der Waals surface area contributed by atoms with E-state index in [0.29, 0.717) is 17.0 Å². The molecule has 2 heterocycles. The van der Waals surface area contributed by atoms with E-state index in [2.05, 4.69) is 30.2 Å². The second-order valence-electron chi connectivity index (χ2n) is 9.68. The lowest BCUT2D eigenvalue weighted by atomic mass is 9.47. The number of carbonyl (C=O) groups excluding carboxylic acids is 1. The molecule has 4 aliphatic carbocycles. The van der Waals surface area contributed by atoms with E-state index in [9.17, 15) is 4.79 Å². The number of carbonyl (C=O) groups is 1. The van der Waals surface area contributed by atoms with Gasteiger partial charge in [-0.05, 0) is 94.1 Å². The highest BCUT2D eigenvalue weighted by molar-refractivity contribution is 6.00. The molecule has 27 heavy (non-hydrogen) atoms. The number of rotatable bonds is 4. The Hall–Kier alpha value is -1.84. The van der Waals surface area contributed by atoms with Crippen LogP contribution >= 0.6 is 0 Å². The van der Waals surface area contributed by atoms with Crippen molar-refractivity contribution in [3.63, 3.8) is 0 Å². The summed E-state index contributed by atoms with van der Waals surface area (Å²) in [5.41, 5.74) is 3.91. The number of nitrogens with zero attached hydrogens (tertiary/aromatic N) is 2. The van der Waals surface area contributed by atoms with E-state index in [4.69, 9.17) is 0 Å². The molecule has 1 unspecified atom stereocenters. The van der Waals surface area contributed by atoms with Crippen LogP contribution in [0.15, 0.2) is 18.3 Å². The van der Waals surface area contributed by atoms with Crippen LogP contribution in [0.5, 0.6) is 0 Å². The topological polar surface area (TPSA) is 46.4 Å². The van der Waals surface area contributed by atoms with E-state index in [1.54, 1.807) is 0 Å². The molecule has 4 saturated carbocycles. The van der Waals surface area contributed by atoms with Crippen LogP contribution < -0.4 is 5.32 Å². The molecule has 0 aliphatic heterocycles. The average Bonchev–Trinajstić information content (AvgIpc) is 3.02. The molecule has 0 aromatic carbocycles. The first-order chi connectivity index (χ1) is 13.0. The van der Waals surface area contributed by atoms with E-state index in [1.807, 2.05) is 23.6 Å². The van der Waals surface area contributed by atoms with Crippen molar-refractivity contribution in [3.8, 4) is 0 Å². The summed E-state index contributed by atoms with van der Waals surface area (Å²) in [7, 11) is 0. The van der Waals surface area contributed by atoms with Crippen molar-refractivity contribution in [2.45, 2.75) is 71.8 Å². The molecule has 4 aliphatic rings. The summed E-state index contributed by atoms with van der Waals surface area (Å²) in [6.07, 6.45) is 11.3. The van der Waals surface area contributed by atoms with Crippen LogP contribution in [0.3, 0.4) is 0 Å². The Bertz CT molecular complexity index is 861. The summed E-state index contributed by atoms with van der Waals surface area (Å²) in [5, 5.41) is 3.46.